The van der Waals surface area contributed by atoms with E-state index >= 15 is 0 Å². The van der Waals surface area contributed by atoms with Crippen LogP contribution in [0.2, 0.25) is 0 Å². The van der Waals surface area contributed by atoms with E-state index in [-0.39, 0.29) is 28.1 Å². The van der Waals surface area contributed by atoms with Crippen molar-refractivity contribution in [3.8, 4) is 5.75 Å². The fourth-order valence-corrected chi connectivity index (χ4v) is 2.47. The molecule has 0 heterocycles. The van der Waals surface area contributed by atoms with E-state index in [1.807, 2.05) is 6.92 Å². The molecule has 0 aliphatic heterocycles. The SMILES string of the molecule is CCCOC1C(N)CC1Oc1cc(F)c(Br)cc1[N+](=O)[O-]. The van der Waals surface area contributed by atoms with Crippen LogP contribution in [0.1, 0.15) is 19.8 Å². The number of benzene rings is 1. The second-order valence-electron chi connectivity index (χ2n) is 4.88. The summed E-state index contributed by atoms with van der Waals surface area (Å²) in [4.78, 5) is 10.4. The molecule has 21 heavy (non-hydrogen) atoms. The first-order chi connectivity index (χ1) is 9.93. The Morgan fingerprint density at radius 1 is 1.57 bits per heavy atom. The molecule has 116 valence electrons. The third-order valence-corrected chi connectivity index (χ3v) is 3.89. The molecule has 1 aromatic rings. The molecule has 0 spiro atoms. The predicted octanol–water partition coefficient (Wildman–Crippen LogP) is 2.77. The Morgan fingerprint density at radius 3 is 2.86 bits per heavy atom. The Labute approximate surface area is 129 Å². The number of halogens is 2. The van der Waals surface area contributed by atoms with Gasteiger partial charge in [-0.25, -0.2) is 4.39 Å². The monoisotopic (exact) mass is 362 g/mol. The molecular weight excluding hydrogens is 347 g/mol. The first-order valence-electron chi connectivity index (χ1n) is 6.61. The van der Waals surface area contributed by atoms with Crippen LogP contribution in [0.25, 0.3) is 0 Å². The highest BCUT2D eigenvalue weighted by atomic mass is 79.9. The Balaban J connectivity index is 2.15. The summed E-state index contributed by atoms with van der Waals surface area (Å²) in [5.74, 6) is -0.729. The lowest BCUT2D eigenvalue weighted by atomic mass is 9.86. The van der Waals surface area contributed by atoms with Crippen LogP contribution < -0.4 is 10.5 Å². The van der Waals surface area contributed by atoms with Crippen molar-refractivity contribution in [3.63, 3.8) is 0 Å². The fourth-order valence-electron chi connectivity index (χ4n) is 2.13. The average Bonchev–Trinajstić information content (AvgIpc) is 2.42. The first-order valence-corrected chi connectivity index (χ1v) is 7.40. The standard InChI is InChI=1S/C13H16BrFN2O4/c1-2-3-20-13-9(16)6-12(13)21-11-5-8(15)7(14)4-10(11)17(18)19/h4-5,9,12-13H,2-3,6,16H2,1H3. The second-order valence-corrected chi connectivity index (χ2v) is 5.74. The lowest BCUT2D eigenvalue weighted by Gasteiger charge is -2.41. The number of rotatable bonds is 6. The maximum atomic E-state index is 13.6. The van der Waals surface area contributed by atoms with Crippen molar-refractivity contribution in [3.05, 3.63) is 32.5 Å². The van der Waals surface area contributed by atoms with E-state index in [0.29, 0.717) is 13.0 Å². The summed E-state index contributed by atoms with van der Waals surface area (Å²) in [6.45, 7) is 2.50. The molecule has 0 amide bonds. The van der Waals surface area contributed by atoms with Crippen LogP contribution in [0.5, 0.6) is 5.75 Å². The highest BCUT2D eigenvalue weighted by molar-refractivity contribution is 9.10. The number of nitro groups is 1. The van der Waals surface area contributed by atoms with Gasteiger partial charge >= 0.3 is 5.69 Å². The van der Waals surface area contributed by atoms with Crippen molar-refractivity contribution in [2.75, 3.05) is 6.61 Å². The minimum atomic E-state index is -0.620. The maximum absolute atomic E-state index is 13.6. The predicted molar refractivity (Wildman–Crippen MR) is 77.8 cm³/mol. The molecule has 0 bridgehead atoms. The minimum absolute atomic E-state index is 0.0191. The topological polar surface area (TPSA) is 87.6 Å². The van der Waals surface area contributed by atoms with Gasteiger partial charge in [-0.15, -0.1) is 0 Å². The molecule has 0 radical (unpaired) electrons. The molecule has 8 heteroatoms. The van der Waals surface area contributed by atoms with Crippen molar-refractivity contribution in [1.29, 1.82) is 0 Å². The molecule has 0 aromatic heterocycles. The molecular formula is C13H16BrFN2O4. The van der Waals surface area contributed by atoms with Crippen LogP contribution in [0.4, 0.5) is 10.1 Å². The molecule has 2 rings (SSSR count). The lowest BCUT2D eigenvalue weighted by Crippen LogP contribution is -2.59. The van der Waals surface area contributed by atoms with Crippen LogP contribution in [0.3, 0.4) is 0 Å². The molecule has 3 atom stereocenters. The van der Waals surface area contributed by atoms with Crippen molar-refractivity contribution in [2.24, 2.45) is 5.73 Å². The van der Waals surface area contributed by atoms with Crippen molar-refractivity contribution in [1.82, 2.24) is 0 Å². The van der Waals surface area contributed by atoms with Gasteiger partial charge in [0.25, 0.3) is 0 Å². The highest BCUT2D eigenvalue weighted by Crippen LogP contribution is 2.36. The number of nitro benzene ring substituents is 1. The smallest absolute Gasteiger partial charge is 0.312 e. The Bertz CT molecular complexity index is 543. The lowest BCUT2D eigenvalue weighted by molar-refractivity contribution is -0.386. The molecule has 2 N–H and O–H groups in total. The summed E-state index contributed by atoms with van der Waals surface area (Å²) in [5, 5.41) is 11.0. The van der Waals surface area contributed by atoms with Gasteiger partial charge in [0, 0.05) is 31.2 Å². The fraction of sp³-hybridized carbons (Fsp3) is 0.538. The first kappa shape index (κ1) is 16.1. The van der Waals surface area contributed by atoms with Gasteiger partial charge in [0.05, 0.1) is 9.40 Å². The molecule has 1 aliphatic carbocycles. The molecule has 3 unspecified atom stereocenters. The van der Waals surface area contributed by atoms with Crippen LogP contribution in [-0.2, 0) is 4.74 Å². The van der Waals surface area contributed by atoms with Crippen LogP contribution in [0.15, 0.2) is 16.6 Å². The van der Waals surface area contributed by atoms with E-state index in [9.17, 15) is 14.5 Å². The summed E-state index contributed by atoms with van der Waals surface area (Å²) in [6.07, 6.45) is 0.633. The zero-order chi connectivity index (χ0) is 15.6. The summed E-state index contributed by atoms with van der Waals surface area (Å²) < 4.78 is 24.7. The number of ether oxygens (including phenoxy) is 2. The summed E-state index contributed by atoms with van der Waals surface area (Å²) in [6, 6.07) is 1.93. The van der Waals surface area contributed by atoms with E-state index in [2.05, 4.69) is 15.9 Å². The number of hydrogen-bond acceptors (Lipinski definition) is 5. The van der Waals surface area contributed by atoms with Gasteiger partial charge in [0.1, 0.15) is 18.0 Å². The van der Waals surface area contributed by atoms with Gasteiger partial charge in [0.15, 0.2) is 5.75 Å². The van der Waals surface area contributed by atoms with Crippen LogP contribution in [-0.4, -0.2) is 29.8 Å². The van der Waals surface area contributed by atoms with E-state index in [4.69, 9.17) is 15.2 Å². The van der Waals surface area contributed by atoms with Gasteiger partial charge in [-0.3, -0.25) is 10.1 Å². The van der Waals surface area contributed by atoms with E-state index in [0.717, 1.165) is 18.6 Å². The molecule has 1 aliphatic rings. The number of hydrogen-bond donors (Lipinski definition) is 1. The van der Waals surface area contributed by atoms with Crippen molar-refractivity contribution in [2.45, 2.75) is 38.0 Å². The zero-order valence-corrected chi connectivity index (χ0v) is 13.0. The average molecular weight is 363 g/mol. The Kier molecular flexibility index (Phi) is 5.13. The van der Waals surface area contributed by atoms with Gasteiger partial charge in [-0.1, -0.05) is 6.92 Å². The number of nitrogens with two attached hydrogens (primary N) is 1. The molecule has 1 saturated carbocycles. The second kappa shape index (κ2) is 6.67. The van der Waals surface area contributed by atoms with Gasteiger partial charge in [0.2, 0.25) is 0 Å². The van der Waals surface area contributed by atoms with E-state index in [1.54, 1.807) is 0 Å². The molecule has 0 saturated heterocycles. The third-order valence-electron chi connectivity index (χ3n) is 3.28. The minimum Gasteiger partial charge on any atom is -0.481 e. The van der Waals surface area contributed by atoms with Gasteiger partial charge < -0.3 is 15.2 Å². The van der Waals surface area contributed by atoms with Gasteiger partial charge in [-0.05, 0) is 22.4 Å². The number of nitrogens with zero attached hydrogens (tertiary/aromatic N) is 1. The van der Waals surface area contributed by atoms with E-state index in [1.165, 1.54) is 0 Å². The maximum Gasteiger partial charge on any atom is 0.312 e. The largest absolute Gasteiger partial charge is 0.481 e. The van der Waals surface area contributed by atoms with Crippen LogP contribution >= 0.6 is 15.9 Å². The summed E-state index contributed by atoms with van der Waals surface area (Å²) >= 11 is 2.92. The Hall–Kier alpha value is -1.25. The summed E-state index contributed by atoms with van der Waals surface area (Å²) in [7, 11) is 0. The van der Waals surface area contributed by atoms with Crippen molar-refractivity contribution >= 4 is 21.6 Å². The van der Waals surface area contributed by atoms with Crippen molar-refractivity contribution < 1.29 is 18.8 Å². The quantitative estimate of drug-likeness (QED) is 0.620. The molecule has 6 nitrogen and oxygen atoms in total. The van der Waals surface area contributed by atoms with Crippen LogP contribution in [0, 0.1) is 15.9 Å². The Morgan fingerprint density at radius 2 is 2.29 bits per heavy atom. The molecule has 1 fully saturated rings. The zero-order valence-electron chi connectivity index (χ0n) is 11.4. The van der Waals surface area contributed by atoms with E-state index < -0.39 is 16.8 Å². The normalized spacial score (nSPS) is 24.5. The van der Waals surface area contributed by atoms with Gasteiger partial charge in [-0.2, -0.15) is 0 Å². The third kappa shape index (κ3) is 3.50. The summed E-state index contributed by atoms with van der Waals surface area (Å²) in [5.41, 5.74) is 5.55. The molecule has 1 aromatic carbocycles. The highest BCUT2D eigenvalue weighted by Gasteiger charge is 2.42.